The van der Waals surface area contributed by atoms with Gasteiger partial charge in [0, 0.05) is 37.4 Å². The predicted molar refractivity (Wildman–Crippen MR) is 162 cm³/mol. The fraction of sp³-hybridized carbons (Fsp3) is 0.375. The van der Waals surface area contributed by atoms with Crippen LogP contribution in [-0.4, -0.2) is 58.3 Å². The molecule has 3 N–H and O–H groups in total. The number of aromatic nitrogens is 4. The average molecular weight is 583 g/mol. The molecule has 3 aromatic heterocycles. The smallest absolute Gasteiger partial charge is 0.251 e. The van der Waals surface area contributed by atoms with Crippen LogP contribution >= 0.6 is 0 Å². The van der Waals surface area contributed by atoms with Gasteiger partial charge in [0.05, 0.1) is 24.3 Å². The number of anilines is 2. The Morgan fingerprint density at radius 3 is 2.77 bits per heavy atom. The highest BCUT2D eigenvalue weighted by Gasteiger charge is 2.23. The molecule has 2 fully saturated rings. The number of aromatic amines is 1. The predicted octanol–water partition coefficient (Wildman–Crippen LogP) is 6.06. The van der Waals surface area contributed by atoms with Gasteiger partial charge < -0.3 is 34.2 Å². The molecule has 1 atom stereocenters. The molecule has 0 spiro atoms. The molecule has 4 heterocycles. The SMILES string of the molecule is COc1cc(C(=O)NC[C@H]2CCCO2)ccc1Nc1nc(OC2CCCC2)c2c(-c3ccc4nc(C)oc4c3)c[nH]c2n1. The van der Waals surface area contributed by atoms with Crippen molar-refractivity contribution < 1.29 is 23.4 Å². The molecule has 0 bridgehead atoms. The molecule has 0 unspecified atom stereocenters. The number of fused-ring (bicyclic) bond motifs is 2. The van der Waals surface area contributed by atoms with E-state index in [1.165, 1.54) is 0 Å². The lowest BCUT2D eigenvalue weighted by molar-refractivity contribution is 0.0857. The second-order valence-electron chi connectivity index (χ2n) is 11.1. The summed E-state index contributed by atoms with van der Waals surface area (Å²) in [6.07, 6.45) is 8.31. The molecule has 222 valence electrons. The van der Waals surface area contributed by atoms with E-state index < -0.39 is 0 Å². The summed E-state index contributed by atoms with van der Waals surface area (Å²) in [5, 5.41) is 7.04. The molecule has 1 amide bonds. The second kappa shape index (κ2) is 11.6. The number of nitrogens with one attached hydrogen (secondary N) is 3. The summed E-state index contributed by atoms with van der Waals surface area (Å²) in [4.78, 5) is 30.1. The summed E-state index contributed by atoms with van der Waals surface area (Å²) >= 11 is 0. The summed E-state index contributed by atoms with van der Waals surface area (Å²) < 4.78 is 23.5. The highest BCUT2D eigenvalue weighted by molar-refractivity contribution is 5.99. The van der Waals surface area contributed by atoms with E-state index in [9.17, 15) is 4.79 Å². The lowest BCUT2D eigenvalue weighted by Crippen LogP contribution is -2.31. The third kappa shape index (κ3) is 5.60. The quantitative estimate of drug-likeness (QED) is 0.189. The number of carbonyl (C=O) groups is 1. The number of nitrogens with zero attached hydrogens (tertiary/aromatic N) is 3. The Morgan fingerprint density at radius 1 is 1.07 bits per heavy atom. The number of ether oxygens (including phenoxy) is 3. The molecule has 0 radical (unpaired) electrons. The van der Waals surface area contributed by atoms with Gasteiger partial charge >= 0.3 is 0 Å². The molecule has 5 aromatic rings. The number of hydrogen-bond acceptors (Lipinski definition) is 9. The third-order valence-electron chi connectivity index (χ3n) is 8.11. The fourth-order valence-corrected chi connectivity index (χ4v) is 5.91. The van der Waals surface area contributed by atoms with E-state index in [1.54, 1.807) is 25.3 Å². The van der Waals surface area contributed by atoms with E-state index in [-0.39, 0.29) is 18.1 Å². The zero-order valence-electron chi connectivity index (χ0n) is 24.2. The lowest BCUT2D eigenvalue weighted by Gasteiger charge is -2.16. The maximum absolute atomic E-state index is 12.8. The molecule has 1 saturated heterocycles. The van der Waals surface area contributed by atoms with Gasteiger partial charge in [0.1, 0.15) is 23.0 Å². The maximum Gasteiger partial charge on any atom is 0.251 e. The van der Waals surface area contributed by atoms with E-state index in [1.807, 2.05) is 31.3 Å². The Balaban J connectivity index is 1.19. The first-order chi connectivity index (χ1) is 21.0. The van der Waals surface area contributed by atoms with Crippen molar-refractivity contribution >= 4 is 39.7 Å². The number of hydrogen-bond donors (Lipinski definition) is 3. The van der Waals surface area contributed by atoms with Crippen molar-refractivity contribution in [2.75, 3.05) is 25.6 Å². The highest BCUT2D eigenvalue weighted by atomic mass is 16.5. The minimum atomic E-state index is -0.178. The normalized spacial score (nSPS) is 17.1. The van der Waals surface area contributed by atoms with Crippen LogP contribution in [0.3, 0.4) is 0 Å². The Labute approximate surface area is 248 Å². The van der Waals surface area contributed by atoms with Crippen LogP contribution < -0.4 is 20.1 Å². The number of carbonyl (C=O) groups excluding carboxylic acids is 1. The van der Waals surface area contributed by atoms with Gasteiger partial charge in [-0.1, -0.05) is 6.07 Å². The number of benzene rings is 2. The van der Waals surface area contributed by atoms with Crippen molar-refractivity contribution in [2.45, 2.75) is 57.7 Å². The Hall–Kier alpha value is -4.64. The summed E-state index contributed by atoms with van der Waals surface area (Å²) in [6, 6.07) is 11.2. The monoisotopic (exact) mass is 582 g/mol. The van der Waals surface area contributed by atoms with Crippen molar-refractivity contribution in [1.82, 2.24) is 25.3 Å². The Bertz CT molecular complexity index is 1780. The largest absolute Gasteiger partial charge is 0.495 e. The van der Waals surface area contributed by atoms with E-state index in [2.05, 4.69) is 20.6 Å². The Morgan fingerprint density at radius 2 is 1.95 bits per heavy atom. The summed E-state index contributed by atoms with van der Waals surface area (Å²) in [5.41, 5.74) is 5.16. The van der Waals surface area contributed by atoms with Crippen LogP contribution in [-0.2, 0) is 4.74 Å². The third-order valence-corrected chi connectivity index (χ3v) is 8.11. The van der Waals surface area contributed by atoms with Crippen LogP contribution in [0.2, 0.25) is 0 Å². The van der Waals surface area contributed by atoms with Gasteiger partial charge in [-0.3, -0.25) is 4.79 Å². The van der Waals surface area contributed by atoms with E-state index in [0.29, 0.717) is 46.9 Å². The first kappa shape index (κ1) is 27.2. The molecular formula is C32H34N6O5. The van der Waals surface area contributed by atoms with Gasteiger partial charge in [0.2, 0.25) is 11.8 Å². The van der Waals surface area contributed by atoms with Crippen LogP contribution in [0.25, 0.3) is 33.3 Å². The van der Waals surface area contributed by atoms with Gasteiger partial charge in [-0.25, -0.2) is 4.98 Å². The molecule has 7 rings (SSSR count). The van der Waals surface area contributed by atoms with Crippen molar-refractivity contribution in [1.29, 1.82) is 0 Å². The van der Waals surface area contributed by atoms with E-state index in [0.717, 1.165) is 72.7 Å². The average Bonchev–Trinajstić information content (AvgIpc) is 3.83. The summed E-state index contributed by atoms with van der Waals surface area (Å²) in [7, 11) is 1.57. The number of methoxy groups -OCH3 is 1. The lowest BCUT2D eigenvalue weighted by atomic mass is 10.1. The van der Waals surface area contributed by atoms with Gasteiger partial charge in [0.25, 0.3) is 5.91 Å². The maximum atomic E-state index is 12.8. The molecule has 2 aromatic carbocycles. The first-order valence-electron chi connectivity index (χ1n) is 14.8. The van der Waals surface area contributed by atoms with Crippen LogP contribution in [0.5, 0.6) is 11.6 Å². The minimum absolute atomic E-state index is 0.0715. The molecule has 2 aliphatic rings. The number of oxazole rings is 1. The second-order valence-corrected chi connectivity index (χ2v) is 11.1. The van der Waals surface area contributed by atoms with Crippen LogP contribution in [0.15, 0.2) is 47.0 Å². The number of amides is 1. The Kier molecular flexibility index (Phi) is 7.32. The molecule has 1 aliphatic carbocycles. The number of rotatable bonds is 9. The standard InChI is InChI=1S/C32H34N6O5/c1-18-35-25-11-9-19(14-27(25)42-18)23-17-33-29-28(23)31(43-21-6-3-4-7-21)38-32(37-29)36-24-12-10-20(15-26(24)40-2)30(39)34-16-22-8-5-13-41-22/h9-12,14-15,17,21-22H,3-8,13,16H2,1-2H3,(H,34,39)(H2,33,36,37,38)/t22-/m1/s1. The van der Waals surface area contributed by atoms with Crippen molar-refractivity contribution in [3.8, 4) is 22.8 Å². The molecule has 1 saturated carbocycles. The van der Waals surface area contributed by atoms with E-state index >= 15 is 0 Å². The zero-order valence-corrected chi connectivity index (χ0v) is 24.2. The first-order valence-corrected chi connectivity index (χ1v) is 14.8. The highest BCUT2D eigenvalue weighted by Crippen LogP contribution is 2.38. The van der Waals surface area contributed by atoms with Crippen LogP contribution in [0, 0.1) is 6.92 Å². The molecule has 1 aliphatic heterocycles. The van der Waals surface area contributed by atoms with Gasteiger partial charge in [0.15, 0.2) is 11.5 Å². The van der Waals surface area contributed by atoms with Crippen molar-refractivity contribution in [3.63, 3.8) is 0 Å². The minimum Gasteiger partial charge on any atom is -0.495 e. The van der Waals surface area contributed by atoms with Crippen molar-refractivity contribution in [2.24, 2.45) is 0 Å². The van der Waals surface area contributed by atoms with Crippen LogP contribution in [0.1, 0.15) is 54.8 Å². The zero-order chi connectivity index (χ0) is 29.3. The van der Waals surface area contributed by atoms with E-state index in [4.69, 9.17) is 28.6 Å². The molecular weight excluding hydrogens is 548 g/mol. The van der Waals surface area contributed by atoms with Gasteiger partial charge in [-0.2, -0.15) is 9.97 Å². The van der Waals surface area contributed by atoms with Crippen LogP contribution in [0.4, 0.5) is 11.6 Å². The van der Waals surface area contributed by atoms with Gasteiger partial charge in [-0.05, 0) is 74.4 Å². The topological polar surface area (TPSA) is 136 Å². The van der Waals surface area contributed by atoms with Crippen molar-refractivity contribution in [3.05, 3.63) is 54.0 Å². The molecule has 11 nitrogen and oxygen atoms in total. The summed E-state index contributed by atoms with van der Waals surface area (Å²) in [5.74, 6) is 1.80. The summed E-state index contributed by atoms with van der Waals surface area (Å²) in [6.45, 7) is 3.08. The molecule has 43 heavy (non-hydrogen) atoms. The number of aryl methyl sites for hydroxylation is 1. The fourth-order valence-electron chi connectivity index (χ4n) is 5.91. The molecule has 11 heteroatoms. The van der Waals surface area contributed by atoms with Gasteiger partial charge in [-0.15, -0.1) is 0 Å². The number of H-pyrrole nitrogens is 1.